The number of thioether (sulfide) groups is 8. The van der Waals surface area contributed by atoms with Crippen LogP contribution in [-0.4, -0.2) is 39.0 Å². The van der Waals surface area contributed by atoms with Crippen LogP contribution in [0.4, 0.5) is 0 Å². The zero-order chi connectivity index (χ0) is 18.8. The van der Waals surface area contributed by atoms with E-state index in [2.05, 4.69) is 54.7 Å². The van der Waals surface area contributed by atoms with Gasteiger partial charge in [-0.1, -0.05) is 102 Å². The average Bonchev–Trinajstić information content (AvgIpc) is 3.25. The molecular formula is C15H19Br3S8. The number of rotatable bonds is 12. The SMILES string of the molecule is CCCSC1=C(SCCBr)SC(=C2SC(SCCBr)=C(SCCBr)S2)S1. The second-order valence-electron chi connectivity index (χ2n) is 4.59. The Kier molecular flexibility index (Phi) is 15.1. The number of alkyl halides is 3. The first kappa shape index (κ1) is 25.7. The molecule has 0 saturated heterocycles. The van der Waals surface area contributed by atoms with E-state index in [0.717, 1.165) is 33.2 Å². The van der Waals surface area contributed by atoms with E-state index in [1.165, 1.54) is 37.6 Å². The van der Waals surface area contributed by atoms with Crippen LogP contribution in [0.25, 0.3) is 0 Å². The first-order chi connectivity index (χ1) is 12.7. The molecule has 11 heteroatoms. The van der Waals surface area contributed by atoms with Gasteiger partial charge in [-0.2, -0.15) is 0 Å². The van der Waals surface area contributed by atoms with E-state index in [0.29, 0.717) is 0 Å². The maximum atomic E-state index is 3.57. The highest BCUT2D eigenvalue weighted by molar-refractivity contribution is 9.09. The van der Waals surface area contributed by atoms with Crippen molar-refractivity contribution in [1.82, 2.24) is 0 Å². The zero-order valence-corrected chi connectivity index (χ0v) is 25.3. The second-order valence-corrected chi connectivity index (χ2v) is 17.0. The van der Waals surface area contributed by atoms with Crippen molar-refractivity contribution in [2.24, 2.45) is 0 Å². The van der Waals surface area contributed by atoms with Crippen LogP contribution < -0.4 is 0 Å². The van der Waals surface area contributed by atoms with E-state index in [1.807, 2.05) is 94.1 Å². The summed E-state index contributed by atoms with van der Waals surface area (Å²) in [5, 5.41) is 3.14. The van der Waals surface area contributed by atoms with E-state index >= 15 is 0 Å². The molecular weight excluding hydrogens is 676 g/mol. The maximum absolute atomic E-state index is 3.57. The Labute approximate surface area is 216 Å². The highest BCUT2D eigenvalue weighted by atomic mass is 79.9. The summed E-state index contributed by atoms with van der Waals surface area (Å²) >= 11 is 26.7. The molecule has 0 atom stereocenters. The minimum atomic E-state index is 1.05. The summed E-state index contributed by atoms with van der Waals surface area (Å²) in [6.07, 6.45) is 1.23. The molecule has 0 aromatic carbocycles. The Balaban J connectivity index is 2.08. The molecule has 0 nitrogen and oxygen atoms in total. The quantitative estimate of drug-likeness (QED) is 0.183. The van der Waals surface area contributed by atoms with Crippen LogP contribution in [0.1, 0.15) is 13.3 Å². The van der Waals surface area contributed by atoms with Gasteiger partial charge in [0.25, 0.3) is 0 Å². The van der Waals surface area contributed by atoms with Crippen LogP contribution in [0.5, 0.6) is 0 Å². The predicted molar refractivity (Wildman–Crippen MR) is 153 cm³/mol. The van der Waals surface area contributed by atoms with Crippen LogP contribution in [0.3, 0.4) is 0 Å². The molecule has 0 aliphatic carbocycles. The van der Waals surface area contributed by atoms with Gasteiger partial charge in [0.2, 0.25) is 0 Å². The molecule has 2 rings (SSSR count). The summed E-state index contributed by atoms with van der Waals surface area (Å²) in [5.74, 6) is 4.61. The molecule has 26 heavy (non-hydrogen) atoms. The van der Waals surface area contributed by atoms with Gasteiger partial charge in [-0.05, 0) is 12.2 Å². The summed E-state index contributed by atoms with van der Waals surface area (Å²) in [6, 6.07) is 0. The largest absolute Gasteiger partial charge is 0.117 e. The smallest absolute Gasteiger partial charge is 0.0717 e. The molecule has 2 aliphatic rings. The third kappa shape index (κ3) is 8.54. The molecule has 2 aliphatic heterocycles. The first-order valence-electron chi connectivity index (χ1n) is 7.86. The van der Waals surface area contributed by atoms with Gasteiger partial charge in [-0.3, -0.25) is 0 Å². The molecule has 0 bridgehead atoms. The van der Waals surface area contributed by atoms with Crippen molar-refractivity contribution >= 4 is 142 Å². The van der Waals surface area contributed by atoms with Crippen molar-refractivity contribution in [2.75, 3.05) is 39.0 Å². The number of hydrogen-bond donors (Lipinski definition) is 0. The summed E-state index contributed by atoms with van der Waals surface area (Å²) in [5.41, 5.74) is 0. The Bertz CT molecular complexity index is 469. The van der Waals surface area contributed by atoms with Crippen molar-refractivity contribution < 1.29 is 0 Å². The zero-order valence-electron chi connectivity index (χ0n) is 14.1. The lowest BCUT2D eigenvalue weighted by molar-refractivity contribution is 1.11. The summed E-state index contributed by atoms with van der Waals surface area (Å²) in [4.78, 5) is 0. The fourth-order valence-electron chi connectivity index (χ4n) is 1.65. The van der Waals surface area contributed by atoms with Crippen LogP contribution in [0, 0.1) is 0 Å². The van der Waals surface area contributed by atoms with Crippen molar-refractivity contribution in [2.45, 2.75) is 13.3 Å². The summed E-state index contributed by atoms with van der Waals surface area (Å²) in [7, 11) is 0. The molecule has 0 spiro atoms. The van der Waals surface area contributed by atoms with E-state index < -0.39 is 0 Å². The van der Waals surface area contributed by atoms with Gasteiger partial charge in [0.15, 0.2) is 0 Å². The molecule has 148 valence electrons. The van der Waals surface area contributed by atoms with Gasteiger partial charge in [0.1, 0.15) is 0 Å². The lowest BCUT2D eigenvalue weighted by Gasteiger charge is -2.02. The minimum absolute atomic E-state index is 1.05. The Hall–Kier alpha value is 3.46. The standard InChI is InChI=1S/C15H19Br3S8/c1-2-6-19-10-11(20-7-3-16)24-14(23-10)15-25-12(21-8-4-17)13(26-15)22-9-5-18/h2-9H2,1H3. The monoisotopic (exact) mass is 692 g/mol. The Morgan fingerprint density at radius 2 is 0.885 bits per heavy atom. The number of hydrogen-bond acceptors (Lipinski definition) is 8. The topological polar surface area (TPSA) is 0 Å². The molecule has 0 aromatic rings. The lowest BCUT2D eigenvalue weighted by Crippen LogP contribution is -1.80. The van der Waals surface area contributed by atoms with Crippen molar-refractivity contribution in [1.29, 1.82) is 0 Å². The highest BCUT2D eigenvalue weighted by Crippen LogP contribution is 2.66. The molecule has 0 saturated carbocycles. The van der Waals surface area contributed by atoms with Gasteiger partial charge in [-0.15, -0.1) is 47.0 Å². The highest BCUT2D eigenvalue weighted by Gasteiger charge is 2.30. The predicted octanol–water partition coefficient (Wildman–Crippen LogP) is 9.85. The Morgan fingerprint density at radius 1 is 0.577 bits per heavy atom. The fourth-order valence-corrected chi connectivity index (χ4v) is 14.4. The minimum Gasteiger partial charge on any atom is -0.117 e. The number of halogens is 3. The molecule has 0 unspecified atom stereocenters. The van der Waals surface area contributed by atoms with Gasteiger partial charge in [0.05, 0.1) is 25.4 Å². The first-order valence-corrected chi connectivity index (χ1v) is 18.4. The second kappa shape index (κ2) is 15.3. The molecule has 2 heterocycles. The third-order valence-corrected chi connectivity index (χ3v) is 17.2. The van der Waals surface area contributed by atoms with E-state index in [4.69, 9.17) is 0 Å². The fraction of sp³-hybridized carbons (Fsp3) is 0.600. The molecule has 0 N–H and O–H groups in total. The van der Waals surface area contributed by atoms with Gasteiger partial charge in [0, 0.05) is 33.2 Å². The molecule has 0 amide bonds. The van der Waals surface area contributed by atoms with Gasteiger partial charge < -0.3 is 0 Å². The summed E-state index contributed by atoms with van der Waals surface area (Å²) < 4.78 is 8.98. The van der Waals surface area contributed by atoms with Crippen molar-refractivity contribution in [3.63, 3.8) is 0 Å². The van der Waals surface area contributed by atoms with Crippen molar-refractivity contribution in [3.8, 4) is 0 Å². The molecule has 0 fully saturated rings. The lowest BCUT2D eigenvalue weighted by atomic mass is 10.6. The van der Waals surface area contributed by atoms with Gasteiger partial charge in [-0.25, -0.2) is 0 Å². The van der Waals surface area contributed by atoms with E-state index in [1.54, 1.807) is 0 Å². The van der Waals surface area contributed by atoms with Crippen LogP contribution >= 0.6 is 142 Å². The van der Waals surface area contributed by atoms with E-state index in [-0.39, 0.29) is 0 Å². The van der Waals surface area contributed by atoms with Crippen LogP contribution in [-0.2, 0) is 0 Å². The molecule has 0 radical (unpaired) electrons. The normalized spacial score (nSPS) is 18.0. The van der Waals surface area contributed by atoms with Crippen LogP contribution in [0.2, 0.25) is 0 Å². The average molecular weight is 696 g/mol. The Morgan fingerprint density at radius 3 is 1.15 bits per heavy atom. The van der Waals surface area contributed by atoms with Crippen molar-refractivity contribution in [3.05, 3.63) is 25.4 Å². The third-order valence-electron chi connectivity index (χ3n) is 2.61. The summed E-state index contributed by atoms with van der Waals surface area (Å²) in [6.45, 7) is 2.26. The maximum Gasteiger partial charge on any atom is 0.0717 e. The van der Waals surface area contributed by atoms with Gasteiger partial charge >= 0.3 is 0 Å². The molecule has 0 aromatic heterocycles. The van der Waals surface area contributed by atoms with Crippen LogP contribution in [0.15, 0.2) is 25.4 Å². The van der Waals surface area contributed by atoms with E-state index in [9.17, 15) is 0 Å².